The Labute approximate surface area is 175 Å². The van der Waals surface area contributed by atoms with E-state index < -0.39 is 0 Å². The second-order valence-corrected chi connectivity index (χ2v) is 8.34. The zero-order valence-electron chi connectivity index (χ0n) is 17.0. The minimum Gasteiger partial charge on any atom is -0.497 e. The van der Waals surface area contributed by atoms with Crippen LogP contribution in [0.2, 0.25) is 0 Å². The highest BCUT2D eigenvalue weighted by molar-refractivity contribution is 7.18. The molecule has 0 unspecified atom stereocenters. The number of ether oxygens (including phenoxy) is 1. The summed E-state index contributed by atoms with van der Waals surface area (Å²) < 4.78 is 5.24. The Morgan fingerprint density at radius 1 is 0.931 bits per heavy atom. The van der Waals surface area contributed by atoms with Crippen molar-refractivity contribution in [2.75, 3.05) is 19.0 Å². The Morgan fingerprint density at radius 3 is 2.41 bits per heavy atom. The summed E-state index contributed by atoms with van der Waals surface area (Å²) in [5.41, 5.74) is 3.76. The molecule has 0 spiro atoms. The number of thiophene rings is 1. The predicted octanol–water partition coefficient (Wildman–Crippen LogP) is 5.56. The average molecular weight is 404 g/mol. The third-order valence-electron chi connectivity index (χ3n) is 5.15. The topological polar surface area (TPSA) is 47.0 Å². The smallest absolute Gasteiger partial charge is 0.138 e. The molecule has 0 saturated heterocycles. The molecule has 0 radical (unpaired) electrons. The monoisotopic (exact) mass is 403 g/mol. The molecule has 0 aliphatic carbocycles. The largest absolute Gasteiger partial charge is 0.497 e. The fourth-order valence-corrected chi connectivity index (χ4v) is 4.44. The summed E-state index contributed by atoms with van der Waals surface area (Å²) in [6.07, 6.45) is 1.66. The van der Waals surface area contributed by atoms with Gasteiger partial charge in [0.25, 0.3) is 0 Å². The Hall–Kier alpha value is -2.92. The van der Waals surface area contributed by atoms with E-state index in [0.717, 1.165) is 47.0 Å². The van der Waals surface area contributed by atoms with Crippen molar-refractivity contribution in [1.29, 1.82) is 0 Å². The second kappa shape index (κ2) is 8.62. The summed E-state index contributed by atoms with van der Waals surface area (Å²) in [5, 5.41) is 4.72. The van der Waals surface area contributed by atoms with Gasteiger partial charge in [0.05, 0.1) is 12.5 Å². The first-order valence-electron chi connectivity index (χ1n) is 9.81. The van der Waals surface area contributed by atoms with Crippen molar-refractivity contribution in [3.63, 3.8) is 0 Å². The van der Waals surface area contributed by atoms with E-state index in [1.807, 2.05) is 18.2 Å². The van der Waals surface area contributed by atoms with E-state index in [9.17, 15) is 0 Å². The SMILES string of the molecule is COc1ccc(CCNc2nc(Cc3ccccc3)nc3sc(C)c(C)c23)cc1. The first-order valence-corrected chi connectivity index (χ1v) is 10.6. The molecule has 0 aliphatic rings. The lowest BCUT2D eigenvalue weighted by Crippen LogP contribution is -2.09. The zero-order chi connectivity index (χ0) is 20.2. The van der Waals surface area contributed by atoms with Crippen LogP contribution in [-0.2, 0) is 12.8 Å². The lowest BCUT2D eigenvalue weighted by molar-refractivity contribution is 0.414. The first-order chi connectivity index (χ1) is 14.1. The lowest BCUT2D eigenvalue weighted by Gasteiger charge is -2.10. The summed E-state index contributed by atoms with van der Waals surface area (Å²) in [6.45, 7) is 5.13. The lowest BCUT2D eigenvalue weighted by atomic mass is 10.1. The van der Waals surface area contributed by atoms with Crippen LogP contribution in [-0.4, -0.2) is 23.6 Å². The van der Waals surface area contributed by atoms with Crippen LogP contribution in [0.5, 0.6) is 5.75 Å². The molecule has 2 aromatic carbocycles. The quantitative estimate of drug-likeness (QED) is 0.439. The maximum atomic E-state index is 5.24. The summed E-state index contributed by atoms with van der Waals surface area (Å²) in [6, 6.07) is 18.6. The van der Waals surface area contributed by atoms with Crippen molar-refractivity contribution in [2.45, 2.75) is 26.7 Å². The van der Waals surface area contributed by atoms with Gasteiger partial charge in [-0.2, -0.15) is 0 Å². The molecule has 0 bridgehead atoms. The highest BCUT2D eigenvalue weighted by Gasteiger charge is 2.14. The van der Waals surface area contributed by atoms with Crippen LogP contribution in [0, 0.1) is 13.8 Å². The summed E-state index contributed by atoms with van der Waals surface area (Å²) in [5.74, 6) is 2.68. The standard InChI is InChI=1S/C24H25N3OS/c1-16-17(2)29-24-22(16)23(25-14-13-18-9-11-20(28-3)12-10-18)26-21(27-24)15-19-7-5-4-6-8-19/h4-12H,13-15H2,1-3H3,(H,25,26,27). The van der Waals surface area contributed by atoms with Crippen LogP contribution >= 0.6 is 11.3 Å². The Morgan fingerprint density at radius 2 is 1.69 bits per heavy atom. The molecular weight excluding hydrogens is 378 g/mol. The first kappa shape index (κ1) is 19.4. The highest BCUT2D eigenvalue weighted by atomic mass is 32.1. The van der Waals surface area contributed by atoms with Gasteiger partial charge < -0.3 is 10.1 Å². The van der Waals surface area contributed by atoms with Crippen LogP contribution in [0.3, 0.4) is 0 Å². The van der Waals surface area contributed by atoms with Gasteiger partial charge in [-0.15, -0.1) is 11.3 Å². The van der Waals surface area contributed by atoms with E-state index in [4.69, 9.17) is 14.7 Å². The average Bonchev–Trinajstić information content (AvgIpc) is 3.03. The number of fused-ring (bicyclic) bond motifs is 1. The molecule has 0 aliphatic heterocycles. The molecule has 148 valence electrons. The molecule has 0 saturated carbocycles. The Bertz CT molecular complexity index is 1100. The highest BCUT2D eigenvalue weighted by Crippen LogP contribution is 2.33. The van der Waals surface area contributed by atoms with Crippen molar-refractivity contribution in [1.82, 2.24) is 9.97 Å². The van der Waals surface area contributed by atoms with Crippen LogP contribution < -0.4 is 10.1 Å². The van der Waals surface area contributed by atoms with Gasteiger partial charge in [-0.3, -0.25) is 0 Å². The zero-order valence-corrected chi connectivity index (χ0v) is 17.8. The molecule has 5 heteroatoms. The van der Waals surface area contributed by atoms with E-state index in [0.29, 0.717) is 0 Å². The van der Waals surface area contributed by atoms with Gasteiger partial charge in [-0.25, -0.2) is 9.97 Å². The van der Waals surface area contributed by atoms with Crippen molar-refractivity contribution in [3.05, 3.63) is 82.0 Å². The molecule has 4 nitrogen and oxygen atoms in total. The van der Waals surface area contributed by atoms with E-state index in [-0.39, 0.29) is 0 Å². The third kappa shape index (κ3) is 4.40. The number of anilines is 1. The Kier molecular flexibility index (Phi) is 5.76. The minimum absolute atomic E-state index is 0.736. The van der Waals surface area contributed by atoms with Gasteiger partial charge in [0.15, 0.2) is 0 Å². The minimum atomic E-state index is 0.736. The van der Waals surface area contributed by atoms with Crippen molar-refractivity contribution in [2.24, 2.45) is 0 Å². The number of hydrogen-bond donors (Lipinski definition) is 1. The molecule has 0 atom stereocenters. The second-order valence-electron chi connectivity index (χ2n) is 7.14. The number of methoxy groups -OCH3 is 1. The summed E-state index contributed by atoms with van der Waals surface area (Å²) in [4.78, 5) is 12.1. The third-order valence-corrected chi connectivity index (χ3v) is 6.25. The van der Waals surface area contributed by atoms with Gasteiger partial charge in [0.1, 0.15) is 22.2 Å². The molecule has 29 heavy (non-hydrogen) atoms. The fraction of sp³-hybridized carbons (Fsp3) is 0.250. The molecule has 4 rings (SSSR count). The fourth-order valence-electron chi connectivity index (χ4n) is 3.40. The maximum Gasteiger partial charge on any atom is 0.138 e. The van der Waals surface area contributed by atoms with Crippen molar-refractivity contribution in [3.8, 4) is 5.75 Å². The van der Waals surface area contributed by atoms with E-state index in [2.05, 4.69) is 55.6 Å². The molecule has 0 amide bonds. The number of nitrogens with zero attached hydrogens (tertiary/aromatic N) is 2. The number of aromatic nitrogens is 2. The molecule has 1 N–H and O–H groups in total. The van der Waals surface area contributed by atoms with Crippen LogP contribution in [0.15, 0.2) is 54.6 Å². The van der Waals surface area contributed by atoms with E-state index in [1.54, 1.807) is 18.4 Å². The number of hydrogen-bond acceptors (Lipinski definition) is 5. The van der Waals surface area contributed by atoms with Crippen LogP contribution in [0.4, 0.5) is 5.82 Å². The van der Waals surface area contributed by atoms with Crippen molar-refractivity contribution >= 4 is 27.4 Å². The molecule has 4 aromatic rings. The number of benzene rings is 2. The predicted molar refractivity (Wildman–Crippen MR) is 121 cm³/mol. The van der Waals surface area contributed by atoms with Gasteiger partial charge in [-0.05, 0) is 49.1 Å². The van der Waals surface area contributed by atoms with Crippen molar-refractivity contribution < 1.29 is 4.74 Å². The van der Waals surface area contributed by atoms with E-state index >= 15 is 0 Å². The molecule has 0 fully saturated rings. The van der Waals surface area contributed by atoms with Crippen LogP contribution in [0.1, 0.15) is 27.4 Å². The van der Waals surface area contributed by atoms with E-state index in [1.165, 1.54) is 21.6 Å². The summed E-state index contributed by atoms with van der Waals surface area (Å²) in [7, 11) is 1.69. The molecular formula is C24H25N3OS. The molecule has 2 heterocycles. The number of rotatable bonds is 7. The van der Waals surface area contributed by atoms with Gasteiger partial charge in [-0.1, -0.05) is 42.5 Å². The summed E-state index contributed by atoms with van der Waals surface area (Å²) >= 11 is 1.75. The van der Waals surface area contributed by atoms with Gasteiger partial charge in [0.2, 0.25) is 0 Å². The van der Waals surface area contributed by atoms with Gasteiger partial charge >= 0.3 is 0 Å². The number of aryl methyl sites for hydroxylation is 2. The van der Waals surface area contributed by atoms with Crippen LogP contribution in [0.25, 0.3) is 10.2 Å². The maximum absolute atomic E-state index is 5.24. The normalized spacial score (nSPS) is 11.0. The molecule has 2 aromatic heterocycles. The Balaban J connectivity index is 1.57. The number of nitrogens with one attached hydrogen (secondary N) is 1. The van der Waals surface area contributed by atoms with Gasteiger partial charge in [0, 0.05) is 17.8 Å².